The minimum Gasteiger partial charge on any atom is -0.461 e. The Morgan fingerprint density at radius 1 is 0.547 bits per heavy atom. The zero-order valence-electron chi connectivity index (χ0n) is 63.6. The van der Waals surface area contributed by atoms with Crippen LogP contribution in [-0.4, -0.2) is 92.4 Å². The van der Waals surface area contributed by atoms with Crippen LogP contribution in [0.15, 0.2) is 141 Å². The molecule has 11 rings (SSSR count). The van der Waals surface area contributed by atoms with E-state index < -0.39 is 58.6 Å². The first kappa shape index (κ1) is 79.9. The Morgan fingerprint density at radius 3 is 1.40 bits per heavy atom. The second kappa shape index (κ2) is 31.5. The van der Waals surface area contributed by atoms with E-state index in [1.807, 2.05) is 94.4 Å². The number of rotatable bonds is 18. The number of pyridine rings is 2. The summed E-state index contributed by atoms with van der Waals surface area (Å²) in [6.45, 7) is 35.9. The van der Waals surface area contributed by atoms with E-state index in [9.17, 15) is 28.8 Å². The lowest BCUT2D eigenvalue weighted by atomic mass is 9.75. The minimum atomic E-state index is -0.761. The molecule has 1 aliphatic heterocycles. The van der Waals surface area contributed by atoms with Crippen molar-refractivity contribution in [3.05, 3.63) is 213 Å². The molecule has 1 fully saturated rings. The van der Waals surface area contributed by atoms with Crippen LogP contribution in [0.3, 0.4) is 0 Å². The van der Waals surface area contributed by atoms with Crippen molar-refractivity contribution >= 4 is 80.7 Å². The molecule has 0 amide bonds. The minimum absolute atomic E-state index is 0.0579. The molecule has 0 spiro atoms. The first-order valence-corrected chi connectivity index (χ1v) is 35.0. The van der Waals surface area contributed by atoms with Crippen LogP contribution < -0.4 is 49.0 Å². The molecule has 4 N–H and O–H groups in total. The van der Waals surface area contributed by atoms with Crippen molar-refractivity contribution in [2.45, 2.75) is 171 Å². The first-order chi connectivity index (χ1) is 49.6. The van der Waals surface area contributed by atoms with Crippen LogP contribution in [0.4, 0.5) is 31.8 Å². The summed E-state index contributed by atoms with van der Waals surface area (Å²) in [4.78, 5) is 85.0. The molecule has 0 bridgehead atoms. The third-order valence-electron chi connectivity index (χ3n) is 18.7. The Morgan fingerprint density at radius 2 is 0.972 bits per heavy atom. The number of aryl methyl sites for hydroxylation is 2. The lowest BCUT2D eigenvalue weighted by Gasteiger charge is -2.32. The molecule has 1 saturated heterocycles. The fourth-order valence-electron chi connectivity index (χ4n) is 11.9. The highest BCUT2D eigenvalue weighted by Crippen LogP contribution is 2.38. The maximum atomic E-state index is 15.5. The smallest absolute Gasteiger partial charge is 0.461 e. The zero-order chi connectivity index (χ0) is 77.9. The van der Waals surface area contributed by atoms with Gasteiger partial charge in [-0.1, -0.05) is 103 Å². The molecule has 28 heteroatoms. The van der Waals surface area contributed by atoms with E-state index in [0.717, 1.165) is 44.7 Å². The zero-order valence-corrected chi connectivity index (χ0v) is 64.4. The first-order valence-electron chi connectivity index (χ1n) is 34.7. The lowest BCUT2D eigenvalue weighted by Crippen LogP contribution is -2.41. The average molecular weight is 1470 g/mol. The number of nitrogens with zero attached hydrogens (tertiary/aromatic N) is 10. The van der Waals surface area contributed by atoms with E-state index in [1.165, 1.54) is 60.9 Å². The normalized spacial score (nSPS) is 13.6. The SMILES string of the molecule is CC(=O)OCc1c(B2OC(C)(C)C(C)(C)O2)cccc1-n1ncc2cc(C(C)(C)C)cc(F)c2c1=O.CCNC(C)(C)c1ccc(Nc2cc(-c3cccc(-n4ncc5cc(C(C)(C)C)cc(F)c5c4=O)c3COC(C)=O)nn(C)c2=O)nc1.CCNC(C)(C)c1ccc(Nc2cc(Cl)nn(C)c2=O)nc1. The Balaban J connectivity index is 0.000000197. The summed E-state index contributed by atoms with van der Waals surface area (Å²) in [7, 11) is 2.31. The Hall–Kier alpha value is -10.2. The summed E-state index contributed by atoms with van der Waals surface area (Å²) in [5.41, 5.74) is 2.82. The van der Waals surface area contributed by atoms with Gasteiger partial charge in [0.15, 0.2) is 5.15 Å². The van der Waals surface area contributed by atoms with E-state index >= 15 is 8.78 Å². The second-order valence-corrected chi connectivity index (χ2v) is 30.4. The highest BCUT2D eigenvalue weighted by atomic mass is 35.5. The standard InChI is InChI=1S/C36H40FN7O4.C27H32BFN2O5.C15H20ClN5O/c1-9-39-36(6,7)23-13-14-31(38-19-23)41-29-17-28(42-43(8)33(29)46)25-11-10-12-30(26(25)20-48-21(2)45)44-34(47)32-22(18-40-44)15-24(16-27(32)37)35(3,4)5;1-16(32)34-15-19-20(28-35-26(5,6)27(7,8)36-28)10-9-11-22(19)31-24(33)23-17(14-30-31)12-18(13-21(23)29)25(2,3)4;1-5-18-15(2,3)10-6-7-13(17-9-10)19-11-8-12(16)20-21(4)14(11)22/h10-19,39H,9,20H2,1-8H3,(H,38,41);9-14H,15H2,1-8H3;6-9,18H,5H2,1-4H3,(H,17,19). The topological polar surface area (TPSA) is 285 Å². The Bertz CT molecular complexity index is 5210. The van der Waals surface area contributed by atoms with Gasteiger partial charge in [0, 0.05) is 84.9 Å². The van der Waals surface area contributed by atoms with Crippen LogP contribution >= 0.6 is 11.6 Å². The lowest BCUT2D eigenvalue weighted by molar-refractivity contribution is -0.143. The molecule has 0 atom stereocenters. The fourth-order valence-corrected chi connectivity index (χ4v) is 12.1. The summed E-state index contributed by atoms with van der Waals surface area (Å²) >= 11 is 5.87. The van der Waals surface area contributed by atoms with E-state index in [0.29, 0.717) is 61.6 Å². The van der Waals surface area contributed by atoms with Crippen LogP contribution in [0.2, 0.25) is 5.15 Å². The molecule has 0 saturated carbocycles. The Labute approximate surface area is 619 Å². The molecule has 10 aromatic rings. The predicted octanol–water partition coefficient (Wildman–Crippen LogP) is 12.2. The van der Waals surface area contributed by atoms with Crippen LogP contribution in [0, 0.1) is 11.6 Å². The number of aromatic nitrogens is 10. The Kier molecular flexibility index (Phi) is 23.7. The number of fused-ring (bicyclic) bond motifs is 2. The predicted molar refractivity (Wildman–Crippen MR) is 410 cm³/mol. The van der Waals surface area contributed by atoms with Crippen molar-refractivity contribution < 1.29 is 37.2 Å². The van der Waals surface area contributed by atoms with Crippen molar-refractivity contribution in [3.63, 3.8) is 0 Å². The summed E-state index contributed by atoms with van der Waals surface area (Å²) in [5, 5.41) is 30.8. The summed E-state index contributed by atoms with van der Waals surface area (Å²) in [6, 6.07) is 27.2. The number of hydrogen-bond acceptors (Lipinski definition) is 20. The molecule has 4 aromatic carbocycles. The number of carbonyl (C=O) groups excluding carboxylic acids is 2. The second-order valence-electron chi connectivity index (χ2n) is 30.0. The average Bonchev–Trinajstić information content (AvgIpc) is 1.27. The van der Waals surface area contributed by atoms with Crippen molar-refractivity contribution in [3.8, 4) is 22.6 Å². The number of anilines is 4. The van der Waals surface area contributed by atoms with Gasteiger partial charge in [-0.25, -0.2) is 28.1 Å². The third-order valence-corrected chi connectivity index (χ3v) is 18.8. The van der Waals surface area contributed by atoms with Crippen LogP contribution in [-0.2, 0) is 77.6 Å². The maximum absolute atomic E-state index is 15.5. The van der Waals surface area contributed by atoms with E-state index in [4.69, 9.17) is 30.4 Å². The molecule has 1 aliphatic rings. The molecular formula is C78H92BClF2N14O10. The highest BCUT2D eigenvalue weighted by Gasteiger charge is 2.52. The van der Waals surface area contributed by atoms with Gasteiger partial charge in [0.05, 0.1) is 51.4 Å². The summed E-state index contributed by atoms with van der Waals surface area (Å²) in [5.74, 6) is -1.25. The summed E-state index contributed by atoms with van der Waals surface area (Å²) < 4.78 is 58.5. The summed E-state index contributed by atoms with van der Waals surface area (Å²) in [6.07, 6.45) is 6.46. The van der Waals surface area contributed by atoms with Crippen LogP contribution in [0.5, 0.6) is 0 Å². The number of nitrogens with one attached hydrogen (secondary N) is 4. The quantitative estimate of drug-likeness (QED) is 0.0459. The van der Waals surface area contributed by atoms with Gasteiger partial charge < -0.3 is 40.0 Å². The van der Waals surface area contributed by atoms with Crippen LogP contribution in [0.25, 0.3) is 44.2 Å². The van der Waals surface area contributed by atoms with Crippen molar-refractivity contribution in [2.75, 3.05) is 23.7 Å². The van der Waals surface area contributed by atoms with Crippen molar-refractivity contribution in [2.24, 2.45) is 14.1 Å². The molecule has 106 heavy (non-hydrogen) atoms. The molecule has 24 nitrogen and oxygen atoms in total. The van der Waals surface area contributed by atoms with Gasteiger partial charge in [-0.05, 0) is 162 Å². The van der Waals surface area contributed by atoms with Gasteiger partial charge in [-0.2, -0.15) is 29.8 Å². The maximum Gasteiger partial charge on any atom is 0.495 e. The van der Waals surface area contributed by atoms with Gasteiger partial charge in [0.25, 0.3) is 22.2 Å². The van der Waals surface area contributed by atoms with Gasteiger partial charge in [0.2, 0.25) is 0 Å². The molecular weight excluding hydrogens is 1380 g/mol. The highest BCUT2D eigenvalue weighted by molar-refractivity contribution is 6.62. The molecule has 6 aromatic heterocycles. The number of benzene rings is 4. The number of esters is 2. The van der Waals surface area contributed by atoms with E-state index in [-0.39, 0.29) is 68.0 Å². The third kappa shape index (κ3) is 17.8. The van der Waals surface area contributed by atoms with E-state index in [2.05, 4.69) is 86.2 Å². The molecule has 7 heterocycles. The van der Waals surface area contributed by atoms with E-state index in [1.54, 1.807) is 80.1 Å². The van der Waals surface area contributed by atoms with Gasteiger partial charge >= 0.3 is 19.1 Å². The van der Waals surface area contributed by atoms with Gasteiger partial charge in [0.1, 0.15) is 47.9 Å². The van der Waals surface area contributed by atoms with Gasteiger partial charge in [-0.15, -0.1) is 0 Å². The van der Waals surface area contributed by atoms with Crippen LogP contribution in [0.1, 0.15) is 158 Å². The number of hydrogen-bond donors (Lipinski definition) is 4. The number of ether oxygens (including phenoxy) is 2. The molecule has 0 aliphatic carbocycles. The fraction of sp³-hybridized carbons (Fsp3) is 0.385. The molecule has 0 radical (unpaired) electrons. The van der Waals surface area contributed by atoms with Gasteiger partial charge in [-0.3, -0.25) is 28.8 Å². The van der Waals surface area contributed by atoms with Crippen molar-refractivity contribution in [1.29, 1.82) is 0 Å². The molecule has 0 unspecified atom stereocenters. The van der Waals surface area contributed by atoms with Crippen molar-refractivity contribution in [1.82, 2.24) is 59.7 Å². The monoisotopic (exact) mass is 1470 g/mol. The number of halogens is 3. The molecule has 558 valence electrons. The number of carbonyl (C=O) groups is 2. The largest absolute Gasteiger partial charge is 0.495 e.